The molecule has 0 aromatic heterocycles. The molecule has 0 aliphatic carbocycles. The van der Waals surface area contributed by atoms with Gasteiger partial charge in [0.25, 0.3) is 0 Å². The van der Waals surface area contributed by atoms with Gasteiger partial charge in [0.15, 0.2) is 0 Å². The summed E-state index contributed by atoms with van der Waals surface area (Å²) in [7, 11) is -3.15. The number of sulfonamides is 1. The molecule has 0 bridgehead atoms. The molecular weight excluding hydrogens is 266 g/mol. The molecule has 2 rings (SSSR count). The Morgan fingerprint density at radius 2 is 1.89 bits per heavy atom. The van der Waals surface area contributed by atoms with Crippen LogP contribution in [0.25, 0.3) is 0 Å². The maximum Gasteiger partial charge on any atom is 0.239 e. The summed E-state index contributed by atoms with van der Waals surface area (Å²) in [5, 5.41) is 3.26. The summed E-state index contributed by atoms with van der Waals surface area (Å²) in [4.78, 5) is 14.1. The van der Waals surface area contributed by atoms with Gasteiger partial charge in [-0.25, -0.2) is 13.1 Å². The van der Waals surface area contributed by atoms with Crippen molar-refractivity contribution in [3.63, 3.8) is 0 Å². The van der Waals surface area contributed by atoms with Gasteiger partial charge in [0.2, 0.25) is 15.9 Å². The van der Waals surface area contributed by atoms with Gasteiger partial charge in [-0.1, -0.05) is 6.42 Å². The Hall–Kier alpha value is -0.660. The van der Waals surface area contributed by atoms with Crippen molar-refractivity contribution in [3.8, 4) is 0 Å². The van der Waals surface area contributed by atoms with Gasteiger partial charge < -0.3 is 10.2 Å². The van der Waals surface area contributed by atoms with Gasteiger partial charge in [-0.15, -0.1) is 0 Å². The monoisotopic (exact) mass is 289 g/mol. The van der Waals surface area contributed by atoms with Crippen LogP contribution in [0.5, 0.6) is 0 Å². The summed E-state index contributed by atoms with van der Waals surface area (Å²) in [5.74, 6) is 0.178. The molecule has 6 nitrogen and oxygen atoms in total. The predicted octanol–water partition coefficient (Wildman–Crippen LogP) is -0.331. The van der Waals surface area contributed by atoms with Crippen molar-refractivity contribution < 1.29 is 13.2 Å². The topological polar surface area (TPSA) is 78.5 Å². The fourth-order valence-electron chi connectivity index (χ4n) is 2.80. The number of rotatable bonds is 3. The average Bonchev–Trinajstić information content (AvgIpc) is 2.38. The zero-order chi connectivity index (χ0) is 13.9. The first kappa shape index (κ1) is 14.7. The van der Waals surface area contributed by atoms with Gasteiger partial charge >= 0.3 is 0 Å². The number of nitrogens with one attached hydrogen (secondary N) is 2. The van der Waals surface area contributed by atoms with Crippen LogP contribution in [0.3, 0.4) is 0 Å². The number of likely N-dealkylation sites (tertiary alicyclic amines) is 1. The first-order chi connectivity index (χ1) is 8.96. The molecule has 0 aromatic carbocycles. The molecule has 2 saturated heterocycles. The Labute approximate surface area is 115 Å². The highest BCUT2D eigenvalue weighted by Gasteiger charge is 2.29. The molecule has 19 heavy (non-hydrogen) atoms. The SMILES string of the molecule is CS(=O)(=O)NC1CCN(C(=O)[C@H]2CCCCN2)CC1. The maximum atomic E-state index is 12.3. The second-order valence-corrected chi connectivity index (χ2v) is 7.27. The minimum atomic E-state index is -3.15. The molecule has 2 heterocycles. The molecule has 0 spiro atoms. The number of piperidine rings is 2. The molecular formula is C12H23N3O3S. The van der Waals surface area contributed by atoms with Crippen LogP contribution in [0.1, 0.15) is 32.1 Å². The van der Waals surface area contributed by atoms with Gasteiger partial charge in [0, 0.05) is 19.1 Å². The van der Waals surface area contributed by atoms with Crippen LogP contribution in [-0.2, 0) is 14.8 Å². The second kappa shape index (κ2) is 6.19. The molecule has 0 unspecified atom stereocenters. The Morgan fingerprint density at radius 1 is 1.21 bits per heavy atom. The van der Waals surface area contributed by atoms with Gasteiger partial charge in [0.05, 0.1) is 12.3 Å². The highest BCUT2D eigenvalue weighted by atomic mass is 32.2. The van der Waals surface area contributed by atoms with E-state index in [2.05, 4.69) is 10.0 Å². The van der Waals surface area contributed by atoms with Gasteiger partial charge in [-0.05, 0) is 32.2 Å². The Balaban J connectivity index is 1.80. The summed E-state index contributed by atoms with van der Waals surface area (Å²) < 4.78 is 24.9. The van der Waals surface area contributed by atoms with Crippen molar-refractivity contribution in [2.75, 3.05) is 25.9 Å². The Morgan fingerprint density at radius 3 is 2.42 bits per heavy atom. The van der Waals surface area contributed by atoms with E-state index in [1.807, 2.05) is 4.90 Å². The lowest BCUT2D eigenvalue weighted by Crippen LogP contribution is -2.53. The molecule has 0 saturated carbocycles. The fourth-order valence-corrected chi connectivity index (χ4v) is 3.64. The second-order valence-electron chi connectivity index (χ2n) is 5.49. The molecule has 2 aliphatic heterocycles. The Bertz CT molecular complexity index is 410. The summed E-state index contributed by atoms with van der Waals surface area (Å²) in [6, 6.07) is -0.0634. The lowest BCUT2D eigenvalue weighted by Gasteiger charge is -2.35. The van der Waals surface area contributed by atoms with Crippen molar-refractivity contribution in [1.82, 2.24) is 14.9 Å². The third kappa shape index (κ3) is 4.43. The van der Waals surface area contributed by atoms with E-state index < -0.39 is 10.0 Å². The van der Waals surface area contributed by atoms with E-state index in [1.54, 1.807) is 0 Å². The van der Waals surface area contributed by atoms with Gasteiger partial charge in [-0.2, -0.15) is 0 Å². The molecule has 2 aliphatic rings. The zero-order valence-corrected chi connectivity index (χ0v) is 12.2. The molecule has 0 radical (unpaired) electrons. The van der Waals surface area contributed by atoms with E-state index in [0.717, 1.165) is 25.8 Å². The van der Waals surface area contributed by atoms with Crippen LogP contribution in [0, 0.1) is 0 Å². The van der Waals surface area contributed by atoms with Crippen LogP contribution in [-0.4, -0.2) is 57.2 Å². The number of amides is 1. The van der Waals surface area contributed by atoms with Crippen LogP contribution >= 0.6 is 0 Å². The highest BCUT2D eigenvalue weighted by Crippen LogP contribution is 2.15. The minimum absolute atomic E-state index is 0.0293. The van der Waals surface area contributed by atoms with Crippen LogP contribution in [0.2, 0.25) is 0 Å². The quantitative estimate of drug-likeness (QED) is 0.745. The first-order valence-electron chi connectivity index (χ1n) is 6.95. The molecule has 0 aromatic rings. The highest BCUT2D eigenvalue weighted by molar-refractivity contribution is 7.88. The van der Waals surface area contributed by atoms with Crippen LogP contribution in [0.15, 0.2) is 0 Å². The van der Waals surface area contributed by atoms with E-state index >= 15 is 0 Å². The standard InChI is InChI=1S/C12H23N3O3S/c1-19(17,18)14-10-5-8-15(9-6-10)12(16)11-4-2-3-7-13-11/h10-11,13-14H,2-9H2,1H3/t11-/m1/s1. The lowest BCUT2D eigenvalue weighted by atomic mass is 10.0. The number of carbonyl (C=O) groups is 1. The number of hydrogen-bond acceptors (Lipinski definition) is 4. The third-order valence-electron chi connectivity index (χ3n) is 3.80. The zero-order valence-electron chi connectivity index (χ0n) is 11.4. The van der Waals surface area contributed by atoms with Crippen molar-refractivity contribution in [1.29, 1.82) is 0 Å². The summed E-state index contributed by atoms with van der Waals surface area (Å²) in [6.07, 6.45) is 5.74. The number of nitrogens with zero attached hydrogens (tertiary/aromatic N) is 1. The van der Waals surface area contributed by atoms with E-state index in [4.69, 9.17) is 0 Å². The maximum absolute atomic E-state index is 12.3. The average molecular weight is 289 g/mol. The molecule has 2 N–H and O–H groups in total. The molecule has 110 valence electrons. The lowest BCUT2D eigenvalue weighted by molar-refractivity contribution is -0.135. The molecule has 1 atom stereocenters. The molecule has 2 fully saturated rings. The van der Waals surface area contributed by atoms with E-state index in [0.29, 0.717) is 25.9 Å². The summed E-state index contributed by atoms with van der Waals surface area (Å²) in [5.41, 5.74) is 0. The Kier molecular flexibility index (Phi) is 4.81. The van der Waals surface area contributed by atoms with Crippen molar-refractivity contribution >= 4 is 15.9 Å². The van der Waals surface area contributed by atoms with Gasteiger partial charge in [-0.3, -0.25) is 4.79 Å². The fraction of sp³-hybridized carbons (Fsp3) is 0.917. The van der Waals surface area contributed by atoms with Crippen molar-refractivity contribution in [2.45, 2.75) is 44.2 Å². The number of carbonyl (C=O) groups excluding carboxylic acids is 1. The van der Waals surface area contributed by atoms with E-state index in [9.17, 15) is 13.2 Å². The van der Waals surface area contributed by atoms with Crippen molar-refractivity contribution in [2.24, 2.45) is 0 Å². The normalized spacial score (nSPS) is 26.4. The molecule has 7 heteroatoms. The van der Waals surface area contributed by atoms with Crippen LogP contribution < -0.4 is 10.0 Å². The third-order valence-corrected chi connectivity index (χ3v) is 4.56. The van der Waals surface area contributed by atoms with E-state index in [-0.39, 0.29) is 18.0 Å². The largest absolute Gasteiger partial charge is 0.341 e. The number of hydrogen-bond donors (Lipinski definition) is 2. The summed E-state index contributed by atoms with van der Waals surface area (Å²) >= 11 is 0. The van der Waals surface area contributed by atoms with E-state index in [1.165, 1.54) is 6.26 Å². The summed E-state index contributed by atoms with van der Waals surface area (Å²) in [6.45, 7) is 2.21. The first-order valence-corrected chi connectivity index (χ1v) is 8.84. The minimum Gasteiger partial charge on any atom is -0.341 e. The molecule has 1 amide bonds. The van der Waals surface area contributed by atoms with Crippen LogP contribution in [0.4, 0.5) is 0 Å². The van der Waals surface area contributed by atoms with Crippen molar-refractivity contribution in [3.05, 3.63) is 0 Å². The predicted molar refractivity (Wildman–Crippen MR) is 73.2 cm³/mol. The van der Waals surface area contributed by atoms with Gasteiger partial charge in [0.1, 0.15) is 0 Å². The smallest absolute Gasteiger partial charge is 0.239 e.